The lowest BCUT2D eigenvalue weighted by atomic mass is 9.93. The average molecular weight is 382 g/mol. The van der Waals surface area contributed by atoms with Crippen LogP contribution in [0, 0.1) is 27.7 Å². The molecule has 132 valence electrons. The van der Waals surface area contributed by atoms with Crippen LogP contribution in [-0.2, 0) is 0 Å². The van der Waals surface area contributed by atoms with Crippen molar-refractivity contribution in [2.75, 3.05) is 5.75 Å². The van der Waals surface area contributed by atoms with Crippen LogP contribution >= 0.6 is 23.1 Å². The van der Waals surface area contributed by atoms with Crippen molar-refractivity contribution in [2.24, 2.45) is 0 Å². The Bertz CT molecular complexity index is 1160. The third-order valence-corrected chi connectivity index (χ3v) is 6.97. The lowest BCUT2D eigenvalue weighted by Crippen LogP contribution is -2.08. The van der Waals surface area contributed by atoms with Crippen LogP contribution in [0.4, 0.5) is 0 Å². The normalized spacial score (nSPS) is 11.5. The van der Waals surface area contributed by atoms with Gasteiger partial charge in [0, 0.05) is 5.56 Å². The van der Waals surface area contributed by atoms with E-state index < -0.39 is 0 Å². The maximum Gasteiger partial charge on any atom is 0.217 e. The molecule has 4 nitrogen and oxygen atoms in total. The molecule has 0 atom stereocenters. The first kappa shape index (κ1) is 17.2. The summed E-state index contributed by atoms with van der Waals surface area (Å²) in [7, 11) is 0. The van der Waals surface area contributed by atoms with Crippen molar-refractivity contribution in [3.8, 4) is 0 Å². The van der Waals surface area contributed by atoms with Gasteiger partial charge in [0.1, 0.15) is 0 Å². The highest BCUT2D eigenvalue weighted by Crippen LogP contribution is 2.30. The first-order chi connectivity index (χ1) is 12.5. The molecule has 0 aliphatic heterocycles. The quantitative estimate of drug-likeness (QED) is 0.362. The zero-order chi connectivity index (χ0) is 18.4. The van der Waals surface area contributed by atoms with Crippen LogP contribution in [0.25, 0.3) is 15.2 Å². The number of benzene rings is 2. The number of hydrogen-bond acceptors (Lipinski definition) is 5. The van der Waals surface area contributed by atoms with Crippen molar-refractivity contribution in [1.82, 2.24) is 14.6 Å². The zero-order valence-electron chi connectivity index (χ0n) is 15.2. The maximum absolute atomic E-state index is 12.8. The highest BCUT2D eigenvalue weighted by Gasteiger charge is 2.17. The monoisotopic (exact) mass is 381 g/mol. The molecule has 0 amide bonds. The van der Waals surface area contributed by atoms with E-state index in [1.54, 1.807) is 11.3 Å². The summed E-state index contributed by atoms with van der Waals surface area (Å²) in [5.41, 5.74) is 6.60. The van der Waals surface area contributed by atoms with Crippen molar-refractivity contribution in [1.29, 1.82) is 0 Å². The van der Waals surface area contributed by atoms with E-state index in [0.717, 1.165) is 32.3 Å². The molecule has 0 unspecified atom stereocenters. The predicted molar refractivity (Wildman–Crippen MR) is 109 cm³/mol. The molecule has 0 spiro atoms. The zero-order valence-corrected chi connectivity index (χ0v) is 16.8. The summed E-state index contributed by atoms with van der Waals surface area (Å²) in [6, 6.07) is 10.2. The summed E-state index contributed by atoms with van der Waals surface area (Å²) >= 11 is 3.06. The maximum atomic E-state index is 12.8. The minimum Gasteiger partial charge on any atom is -0.293 e. The van der Waals surface area contributed by atoms with Crippen LogP contribution in [0.1, 0.15) is 32.6 Å². The Morgan fingerprint density at radius 3 is 2.65 bits per heavy atom. The van der Waals surface area contributed by atoms with Gasteiger partial charge in [0.15, 0.2) is 10.9 Å². The van der Waals surface area contributed by atoms with Gasteiger partial charge in [-0.05, 0) is 68.1 Å². The standard InChI is InChI=1S/C20H19N3OS2/c1-11-9-15(14(4)13(3)12(11)2)17(24)10-25-19-21-22-20-23(19)16-7-5-6-8-18(16)26-20/h5-9H,10H2,1-4H3. The highest BCUT2D eigenvalue weighted by molar-refractivity contribution is 7.99. The molecule has 0 bridgehead atoms. The van der Waals surface area contributed by atoms with Crippen LogP contribution in [-0.4, -0.2) is 26.1 Å². The second-order valence-corrected chi connectivity index (χ2v) is 8.45. The van der Waals surface area contributed by atoms with Gasteiger partial charge in [0.05, 0.1) is 16.0 Å². The summed E-state index contributed by atoms with van der Waals surface area (Å²) < 4.78 is 3.21. The Morgan fingerprint density at radius 2 is 1.85 bits per heavy atom. The molecule has 2 aromatic heterocycles. The molecule has 0 saturated carbocycles. The Balaban J connectivity index is 1.64. The lowest BCUT2D eigenvalue weighted by molar-refractivity contribution is 0.102. The van der Waals surface area contributed by atoms with Crippen molar-refractivity contribution in [3.05, 3.63) is 58.1 Å². The SMILES string of the molecule is Cc1cc(C(=O)CSc2nnc3sc4ccccc4n23)c(C)c(C)c1C. The van der Waals surface area contributed by atoms with E-state index in [2.05, 4.69) is 43.1 Å². The molecule has 0 aliphatic carbocycles. The number of nitrogens with zero attached hydrogens (tertiary/aromatic N) is 3. The molecule has 4 rings (SSSR count). The van der Waals surface area contributed by atoms with Crippen molar-refractivity contribution >= 4 is 44.1 Å². The van der Waals surface area contributed by atoms with Gasteiger partial charge in [0.25, 0.3) is 0 Å². The van der Waals surface area contributed by atoms with Gasteiger partial charge >= 0.3 is 0 Å². The number of para-hydroxylation sites is 1. The number of aryl methyl sites for hydroxylation is 1. The number of ketones is 1. The van der Waals surface area contributed by atoms with Gasteiger partial charge in [-0.15, -0.1) is 10.2 Å². The number of carbonyl (C=O) groups is 1. The van der Waals surface area contributed by atoms with E-state index in [-0.39, 0.29) is 5.78 Å². The van der Waals surface area contributed by atoms with Crippen LogP contribution < -0.4 is 0 Å². The largest absolute Gasteiger partial charge is 0.293 e. The minimum atomic E-state index is 0.134. The fourth-order valence-corrected chi connectivity index (χ4v) is 5.01. The number of thiazole rings is 1. The van der Waals surface area contributed by atoms with Crippen LogP contribution in [0.15, 0.2) is 35.5 Å². The van der Waals surface area contributed by atoms with Crippen molar-refractivity contribution in [3.63, 3.8) is 0 Å². The van der Waals surface area contributed by atoms with Crippen LogP contribution in [0.2, 0.25) is 0 Å². The average Bonchev–Trinajstić information content (AvgIpc) is 3.20. The fraction of sp³-hybridized carbons (Fsp3) is 0.250. The smallest absolute Gasteiger partial charge is 0.217 e. The van der Waals surface area contributed by atoms with E-state index in [4.69, 9.17) is 0 Å². The van der Waals surface area contributed by atoms with Gasteiger partial charge in [-0.2, -0.15) is 0 Å². The molecule has 2 aromatic carbocycles. The number of thioether (sulfide) groups is 1. The summed E-state index contributed by atoms with van der Waals surface area (Å²) in [4.78, 5) is 13.7. The number of carbonyl (C=O) groups excluding carboxylic acids is 1. The van der Waals surface area contributed by atoms with Crippen molar-refractivity contribution in [2.45, 2.75) is 32.9 Å². The van der Waals surface area contributed by atoms with Gasteiger partial charge < -0.3 is 0 Å². The fourth-order valence-electron chi connectivity index (χ4n) is 3.16. The lowest BCUT2D eigenvalue weighted by Gasteiger charge is -2.13. The number of hydrogen-bond donors (Lipinski definition) is 0. The van der Waals surface area contributed by atoms with E-state index in [9.17, 15) is 4.79 Å². The molecule has 0 saturated heterocycles. The van der Waals surface area contributed by atoms with Crippen molar-refractivity contribution < 1.29 is 4.79 Å². The Hall–Kier alpha value is -2.18. The number of fused-ring (bicyclic) bond motifs is 3. The molecule has 6 heteroatoms. The van der Waals surface area contributed by atoms with Gasteiger partial charge in [-0.3, -0.25) is 9.20 Å². The third-order valence-electron chi connectivity index (χ3n) is 5.03. The second kappa shape index (κ2) is 6.52. The molecule has 2 heterocycles. The molecule has 0 radical (unpaired) electrons. The summed E-state index contributed by atoms with van der Waals surface area (Å²) in [5, 5.41) is 9.31. The Kier molecular flexibility index (Phi) is 4.32. The molecular weight excluding hydrogens is 362 g/mol. The summed E-state index contributed by atoms with van der Waals surface area (Å²) in [6.07, 6.45) is 0. The number of rotatable bonds is 4. The van der Waals surface area contributed by atoms with E-state index >= 15 is 0 Å². The molecular formula is C20H19N3OS2. The third kappa shape index (κ3) is 2.73. The molecule has 0 fully saturated rings. The molecule has 0 N–H and O–H groups in total. The Labute approximate surface area is 160 Å². The van der Waals surface area contributed by atoms with Crippen LogP contribution in [0.3, 0.4) is 0 Å². The van der Waals surface area contributed by atoms with Gasteiger partial charge in [-0.1, -0.05) is 35.2 Å². The molecule has 0 aliphatic rings. The summed E-state index contributed by atoms with van der Waals surface area (Å²) in [6.45, 7) is 8.28. The number of aromatic nitrogens is 3. The number of Topliss-reactive ketones (excluding diaryl/α,β-unsaturated/α-hetero) is 1. The molecule has 26 heavy (non-hydrogen) atoms. The second-order valence-electron chi connectivity index (χ2n) is 6.50. The van der Waals surface area contributed by atoms with Gasteiger partial charge in [0.2, 0.25) is 4.96 Å². The van der Waals surface area contributed by atoms with E-state index in [0.29, 0.717) is 5.75 Å². The minimum absolute atomic E-state index is 0.134. The van der Waals surface area contributed by atoms with Gasteiger partial charge in [-0.25, -0.2) is 0 Å². The first-order valence-electron chi connectivity index (χ1n) is 8.43. The van der Waals surface area contributed by atoms with E-state index in [1.807, 2.05) is 29.5 Å². The topological polar surface area (TPSA) is 47.3 Å². The first-order valence-corrected chi connectivity index (χ1v) is 10.2. The Morgan fingerprint density at radius 1 is 1.08 bits per heavy atom. The summed E-state index contributed by atoms with van der Waals surface area (Å²) in [5.74, 6) is 0.489. The molecule has 4 aromatic rings. The van der Waals surface area contributed by atoms with E-state index in [1.165, 1.54) is 27.6 Å². The predicted octanol–water partition coefficient (Wildman–Crippen LogP) is 5.15. The highest BCUT2D eigenvalue weighted by atomic mass is 32.2. The van der Waals surface area contributed by atoms with Crippen LogP contribution in [0.5, 0.6) is 0 Å².